The van der Waals surface area contributed by atoms with Crippen LogP contribution < -0.4 is 0 Å². The number of ketones is 2. The zero-order valence-electron chi connectivity index (χ0n) is 18.5. The second-order valence-corrected chi connectivity index (χ2v) is 10.9. The lowest BCUT2D eigenvalue weighted by molar-refractivity contribution is -0.246. The first-order valence-electron chi connectivity index (χ1n) is 11.2. The Morgan fingerprint density at radius 1 is 1.26 bits per heavy atom. The van der Waals surface area contributed by atoms with E-state index in [2.05, 4.69) is 0 Å². The lowest BCUT2D eigenvalue weighted by Gasteiger charge is -2.62. The summed E-state index contributed by atoms with van der Waals surface area (Å²) in [5.41, 5.74) is -4.66. The average Bonchev–Trinajstić information content (AvgIpc) is 3.09. The Kier molecular flexibility index (Phi) is 4.24. The summed E-state index contributed by atoms with van der Waals surface area (Å²) >= 11 is 0. The average molecular weight is 435 g/mol. The van der Waals surface area contributed by atoms with Gasteiger partial charge in [-0.1, -0.05) is 18.6 Å². The first-order chi connectivity index (χ1) is 14.4. The van der Waals surface area contributed by atoms with Crippen molar-refractivity contribution in [2.45, 2.75) is 82.6 Å². The zero-order chi connectivity index (χ0) is 22.6. The number of allylic oxidation sites excluding steroid dienone is 4. The highest BCUT2D eigenvalue weighted by molar-refractivity contribution is 6.01. The van der Waals surface area contributed by atoms with Gasteiger partial charge in [0.05, 0.1) is 12.2 Å². The van der Waals surface area contributed by atoms with Crippen LogP contribution in [0.4, 0.5) is 4.39 Å². The molecular formula is C24H31FO6. The molecule has 5 rings (SSSR count). The van der Waals surface area contributed by atoms with Gasteiger partial charge in [0.1, 0.15) is 6.61 Å². The van der Waals surface area contributed by atoms with Gasteiger partial charge in [-0.15, -0.1) is 0 Å². The van der Waals surface area contributed by atoms with Gasteiger partial charge in [-0.25, -0.2) is 4.39 Å². The van der Waals surface area contributed by atoms with E-state index in [0.717, 1.165) is 5.57 Å². The molecule has 1 heterocycles. The number of aliphatic hydroxyl groups excluding tert-OH is 2. The van der Waals surface area contributed by atoms with Crippen molar-refractivity contribution in [1.29, 1.82) is 0 Å². The molecule has 6 nitrogen and oxygen atoms in total. The SMILES string of the molecule is CC1(C)OC2CC3C4CCC5=CC(=O)C=C[C@@]5(C)[C@]4(F)C(O)C[C@@]3(C)[C@]2(C(=O)CO)O1. The van der Waals surface area contributed by atoms with E-state index in [1.54, 1.807) is 26.8 Å². The predicted molar refractivity (Wildman–Crippen MR) is 109 cm³/mol. The number of hydrogen-bond acceptors (Lipinski definition) is 6. The number of aliphatic hydroxyl groups is 2. The Bertz CT molecular complexity index is 925. The maximum atomic E-state index is 17.1. The van der Waals surface area contributed by atoms with Gasteiger partial charge < -0.3 is 19.7 Å². The van der Waals surface area contributed by atoms with Crippen molar-refractivity contribution in [3.05, 3.63) is 23.8 Å². The molecule has 0 amide bonds. The largest absolute Gasteiger partial charge is 0.390 e. The van der Waals surface area contributed by atoms with Gasteiger partial charge in [0.2, 0.25) is 0 Å². The first kappa shape index (κ1) is 21.4. The number of Topliss-reactive ketones (excluding diaryl/α,β-unsaturated/α-hetero) is 1. The van der Waals surface area contributed by atoms with E-state index < -0.39 is 58.4 Å². The molecule has 4 aliphatic carbocycles. The third-order valence-electron chi connectivity index (χ3n) is 9.19. The van der Waals surface area contributed by atoms with Gasteiger partial charge in [-0.2, -0.15) is 0 Å². The van der Waals surface area contributed by atoms with Crippen molar-refractivity contribution in [1.82, 2.24) is 0 Å². The van der Waals surface area contributed by atoms with Crippen molar-refractivity contribution < 1.29 is 33.7 Å². The van der Waals surface area contributed by atoms with E-state index >= 15 is 4.39 Å². The molecular weight excluding hydrogens is 403 g/mol. The summed E-state index contributed by atoms with van der Waals surface area (Å²) in [5.74, 6) is -2.46. The second-order valence-electron chi connectivity index (χ2n) is 10.9. The molecule has 3 saturated carbocycles. The molecule has 1 saturated heterocycles. The number of carbonyl (C=O) groups excluding carboxylic acids is 2. The number of fused-ring (bicyclic) bond motifs is 7. The number of halogens is 1. The van der Waals surface area contributed by atoms with Crippen LogP contribution in [0.1, 0.15) is 53.4 Å². The summed E-state index contributed by atoms with van der Waals surface area (Å²) in [6, 6.07) is 0. The normalized spacial score (nSPS) is 52.1. The Morgan fingerprint density at radius 2 is 1.97 bits per heavy atom. The van der Waals surface area contributed by atoms with Crippen LogP contribution in [0, 0.1) is 22.7 Å². The third-order valence-corrected chi connectivity index (χ3v) is 9.19. The molecule has 0 bridgehead atoms. The zero-order valence-corrected chi connectivity index (χ0v) is 18.5. The molecule has 4 unspecified atom stereocenters. The fraction of sp³-hybridized carbons (Fsp3) is 0.750. The summed E-state index contributed by atoms with van der Waals surface area (Å²) in [4.78, 5) is 25.1. The van der Waals surface area contributed by atoms with Crippen LogP contribution in [-0.2, 0) is 19.1 Å². The summed E-state index contributed by atoms with van der Waals surface area (Å²) in [5, 5.41) is 21.2. The smallest absolute Gasteiger partial charge is 0.193 e. The Balaban J connectivity index is 1.64. The number of ether oxygens (including phenoxy) is 2. The molecule has 0 spiro atoms. The van der Waals surface area contributed by atoms with E-state index in [-0.39, 0.29) is 18.1 Å². The number of rotatable bonds is 2. The van der Waals surface area contributed by atoms with Crippen LogP contribution in [0.2, 0.25) is 0 Å². The van der Waals surface area contributed by atoms with Crippen LogP contribution in [0.3, 0.4) is 0 Å². The minimum atomic E-state index is -1.98. The molecule has 170 valence electrons. The van der Waals surface area contributed by atoms with Gasteiger partial charge in [-0.3, -0.25) is 9.59 Å². The molecule has 2 N–H and O–H groups in total. The molecule has 0 radical (unpaired) electrons. The standard InChI is InChI=1S/C24H31FO6/c1-20(2)30-19-10-16-15-6-5-13-9-14(27)7-8-21(13,3)23(15,25)17(28)11-22(16,4)24(19,31-20)18(29)12-26/h7-9,15-17,19,26,28H,5-6,10-12H2,1-4H3/t15?,16?,17?,19?,21-,22-,23-,24-/m1/s1. The van der Waals surface area contributed by atoms with Crippen molar-refractivity contribution >= 4 is 11.6 Å². The minimum absolute atomic E-state index is 0.0109. The summed E-state index contributed by atoms with van der Waals surface area (Å²) < 4.78 is 29.5. The monoisotopic (exact) mass is 434 g/mol. The maximum Gasteiger partial charge on any atom is 0.193 e. The Morgan fingerprint density at radius 3 is 2.65 bits per heavy atom. The maximum absolute atomic E-state index is 17.1. The molecule has 0 aromatic carbocycles. The van der Waals surface area contributed by atoms with Crippen LogP contribution in [0.15, 0.2) is 23.8 Å². The van der Waals surface area contributed by atoms with Crippen LogP contribution in [-0.4, -0.2) is 57.7 Å². The van der Waals surface area contributed by atoms with Crippen LogP contribution >= 0.6 is 0 Å². The highest BCUT2D eigenvalue weighted by Gasteiger charge is 2.79. The molecule has 0 aromatic rings. The van der Waals surface area contributed by atoms with Gasteiger partial charge in [0.25, 0.3) is 0 Å². The van der Waals surface area contributed by atoms with Gasteiger partial charge in [0, 0.05) is 16.7 Å². The Hall–Kier alpha value is -1.41. The molecule has 4 fully saturated rings. The summed E-state index contributed by atoms with van der Waals surface area (Å²) in [6.07, 6.45) is 4.00. The number of alkyl halides is 1. The van der Waals surface area contributed by atoms with E-state index in [4.69, 9.17) is 9.47 Å². The fourth-order valence-electron chi connectivity index (χ4n) is 7.93. The number of hydrogen-bond donors (Lipinski definition) is 2. The minimum Gasteiger partial charge on any atom is -0.390 e. The lowest BCUT2D eigenvalue weighted by Crippen LogP contribution is -2.70. The van der Waals surface area contributed by atoms with Crippen LogP contribution in [0.25, 0.3) is 0 Å². The molecule has 31 heavy (non-hydrogen) atoms. The third kappa shape index (κ3) is 2.31. The molecule has 1 aliphatic heterocycles. The highest BCUT2D eigenvalue weighted by Crippen LogP contribution is 2.72. The van der Waals surface area contributed by atoms with Crippen molar-refractivity contribution in [3.8, 4) is 0 Å². The van der Waals surface area contributed by atoms with Crippen molar-refractivity contribution in [2.75, 3.05) is 6.61 Å². The summed E-state index contributed by atoms with van der Waals surface area (Å²) in [6.45, 7) is 6.41. The van der Waals surface area contributed by atoms with E-state index in [9.17, 15) is 19.8 Å². The topological polar surface area (TPSA) is 93.1 Å². The van der Waals surface area contributed by atoms with Crippen LogP contribution in [0.5, 0.6) is 0 Å². The van der Waals surface area contributed by atoms with Crippen molar-refractivity contribution in [3.63, 3.8) is 0 Å². The quantitative estimate of drug-likeness (QED) is 0.694. The van der Waals surface area contributed by atoms with Gasteiger partial charge >= 0.3 is 0 Å². The predicted octanol–water partition coefficient (Wildman–Crippen LogP) is 2.42. The lowest BCUT2D eigenvalue weighted by atomic mass is 9.44. The van der Waals surface area contributed by atoms with Gasteiger partial charge in [0.15, 0.2) is 28.6 Å². The fourth-order valence-corrected chi connectivity index (χ4v) is 7.93. The summed E-state index contributed by atoms with van der Waals surface area (Å²) in [7, 11) is 0. The molecule has 8 atom stereocenters. The Labute approximate surface area is 181 Å². The van der Waals surface area contributed by atoms with Crippen molar-refractivity contribution in [2.24, 2.45) is 22.7 Å². The molecule has 7 heteroatoms. The molecule has 5 aliphatic rings. The van der Waals surface area contributed by atoms with E-state index in [1.807, 2.05) is 6.92 Å². The van der Waals surface area contributed by atoms with Gasteiger partial charge in [-0.05, 0) is 64.5 Å². The second kappa shape index (κ2) is 6.13. The molecule has 0 aromatic heterocycles. The van der Waals surface area contributed by atoms with E-state index in [1.165, 1.54) is 12.2 Å². The first-order valence-corrected chi connectivity index (χ1v) is 11.2. The van der Waals surface area contributed by atoms with E-state index in [0.29, 0.717) is 19.3 Å². The highest BCUT2D eigenvalue weighted by atomic mass is 19.1. The number of carbonyl (C=O) groups is 2.